The third kappa shape index (κ3) is 4.26. The Kier molecular flexibility index (Phi) is 6.05. The third-order valence-electron chi connectivity index (χ3n) is 7.00. The van der Waals surface area contributed by atoms with Gasteiger partial charge in [0.05, 0.1) is 18.8 Å². The van der Waals surface area contributed by atoms with Gasteiger partial charge >= 0.3 is 6.72 Å². The molecule has 4 aromatic rings. The summed E-state index contributed by atoms with van der Waals surface area (Å²) in [6, 6.07) is 0. The Morgan fingerprint density at radius 2 is 1.83 bits per heavy atom. The van der Waals surface area contributed by atoms with E-state index in [1.807, 2.05) is 0 Å². The molecule has 23 heteroatoms. The molecule has 3 fully saturated rings. The number of nitrogens with zero attached hydrogens (tertiary/aromatic N) is 9. The van der Waals surface area contributed by atoms with E-state index in [0.29, 0.717) is 0 Å². The van der Waals surface area contributed by atoms with Crippen molar-refractivity contribution in [3.63, 3.8) is 0 Å². The number of aromatic amines is 1. The van der Waals surface area contributed by atoms with E-state index in [1.165, 1.54) is 0 Å². The summed E-state index contributed by atoms with van der Waals surface area (Å²) < 4.78 is 39.7. The number of hydrogen-bond acceptors (Lipinski definition) is 17. The molecular weight excluding hydrogens is 594 g/mol. The van der Waals surface area contributed by atoms with Crippen molar-refractivity contribution in [1.29, 1.82) is 0 Å². The summed E-state index contributed by atoms with van der Waals surface area (Å²) in [6.07, 6.45) is -9.14. The zero-order valence-electron chi connectivity index (χ0n) is 20.3. The van der Waals surface area contributed by atoms with Crippen molar-refractivity contribution in [2.75, 3.05) is 18.1 Å². The highest BCUT2D eigenvalue weighted by molar-refractivity contribution is 8.07. The van der Waals surface area contributed by atoms with Gasteiger partial charge in [0.1, 0.15) is 24.6 Å². The van der Waals surface area contributed by atoms with Crippen molar-refractivity contribution < 1.29 is 38.0 Å². The molecule has 1 saturated carbocycles. The smallest absolute Gasteiger partial charge is 0.325 e. The minimum atomic E-state index is -4.14. The van der Waals surface area contributed by atoms with Gasteiger partial charge in [0.2, 0.25) is 5.95 Å². The molecule has 8 N–H and O–H groups in total. The van der Waals surface area contributed by atoms with E-state index >= 15 is 4.39 Å². The fraction of sp³-hybridized carbons (Fsp3) is 0.556. The predicted octanol–water partition coefficient (Wildman–Crippen LogP) is -2.98. The number of aliphatic hydroxyl groups excluding tert-OH is 2. The number of anilines is 2. The van der Waals surface area contributed by atoms with Crippen LogP contribution in [0.4, 0.5) is 16.2 Å². The van der Waals surface area contributed by atoms with Gasteiger partial charge in [-0.3, -0.25) is 9.78 Å². The summed E-state index contributed by atoms with van der Waals surface area (Å²) in [5, 5.41) is 36.0. The standard InChI is InChI=1S/C18H20FN12O8PS/c19-5-8(32)3(37-16(5)30-13-6(26-28-30)12(20)22-2-23-13)1-36-40(35,41)39-11-4-9(33)10(4)38-17(11)31-14-7(27-29-31)15(34)25-18(21)24-14/h2-5,8-11,16-17,32-33H,1H2,(H,35,41)(H2,20,22,23)(H3,21,24,25,34)/t3-,4?,5+,8-,9?,10+,11+,16-,17-,40?/m1/s1. The van der Waals surface area contributed by atoms with Crippen molar-refractivity contribution in [3.8, 4) is 0 Å². The van der Waals surface area contributed by atoms with E-state index in [2.05, 4.69) is 40.6 Å². The van der Waals surface area contributed by atoms with Crippen LogP contribution in [-0.2, 0) is 30.3 Å². The van der Waals surface area contributed by atoms with Crippen molar-refractivity contribution in [3.05, 3.63) is 16.7 Å². The molecule has 0 amide bonds. The lowest BCUT2D eigenvalue weighted by Gasteiger charge is -2.27. The number of aromatic nitrogens is 10. The van der Waals surface area contributed by atoms with Crippen LogP contribution >= 0.6 is 6.72 Å². The second kappa shape index (κ2) is 9.34. The number of ether oxygens (including phenoxy) is 2. The van der Waals surface area contributed by atoms with Gasteiger partial charge in [0, 0.05) is 5.92 Å². The average Bonchev–Trinajstić information content (AvgIpc) is 3.40. The Labute approximate surface area is 230 Å². The van der Waals surface area contributed by atoms with Crippen LogP contribution in [0, 0.1) is 5.92 Å². The first-order valence-corrected chi connectivity index (χ1v) is 14.5. The molecule has 6 heterocycles. The minimum absolute atomic E-state index is 0.0235. The van der Waals surface area contributed by atoms with Gasteiger partial charge in [-0.05, 0) is 11.8 Å². The second-order valence-electron chi connectivity index (χ2n) is 9.52. The first kappa shape index (κ1) is 26.6. The van der Waals surface area contributed by atoms with Crippen molar-refractivity contribution in [1.82, 2.24) is 49.9 Å². The Morgan fingerprint density at radius 1 is 1.10 bits per heavy atom. The van der Waals surface area contributed by atoms with E-state index in [9.17, 15) is 19.9 Å². The second-order valence-corrected chi connectivity index (χ2v) is 12.3. The molecule has 2 aliphatic heterocycles. The monoisotopic (exact) mass is 614 g/mol. The number of halogens is 1. The lowest BCUT2D eigenvalue weighted by molar-refractivity contribution is -0.0746. The first-order chi connectivity index (χ1) is 19.5. The number of hydrogen-bond donors (Lipinski definition) is 6. The van der Waals surface area contributed by atoms with Gasteiger partial charge < -0.3 is 45.1 Å². The zero-order valence-corrected chi connectivity index (χ0v) is 22.0. The SMILES string of the molecule is Nc1nc2c(nnn2[C@@H]2O[C@@H]3C(O)C3[C@@H]2OP(O)(=S)OC[C@H]2O[C@@H](n3nnc4c(N)ncnc43)[C@@H](F)[C@@H]2O)c(=O)[nH]1. The van der Waals surface area contributed by atoms with Crippen LogP contribution in [-0.4, -0.2) is 108 Å². The highest BCUT2D eigenvalue weighted by atomic mass is 32.5. The molecule has 10 atom stereocenters. The molecule has 0 aromatic carbocycles. The Bertz CT molecular complexity index is 1770. The van der Waals surface area contributed by atoms with E-state index in [-0.39, 0.29) is 34.1 Å². The normalized spacial score (nSPS) is 34.3. The van der Waals surface area contributed by atoms with Gasteiger partial charge in [-0.1, -0.05) is 10.4 Å². The molecular formula is C18H20FN12O8PS. The maximum Gasteiger partial charge on any atom is 0.325 e. The average molecular weight is 614 g/mol. The van der Waals surface area contributed by atoms with Crippen LogP contribution < -0.4 is 17.0 Å². The summed E-state index contributed by atoms with van der Waals surface area (Å²) in [6.45, 7) is -4.72. The molecule has 1 aliphatic carbocycles. The molecule has 7 rings (SSSR count). The zero-order chi connectivity index (χ0) is 28.8. The number of alkyl halides is 1. The lowest BCUT2D eigenvalue weighted by Crippen LogP contribution is -2.32. The van der Waals surface area contributed by atoms with Gasteiger partial charge in [0.25, 0.3) is 5.56 Å². The Hall–Kier alpha value is -3.34. The van der Waals surface area contributed by atoms with Crippen LogP contribution in [0.1, 0.15) is 12.5 Å². The number of rotatable bonds is 7. The molecule has 20 nitrogen and oxygen atoms in total. The quantitative estimate of drug-likeness (QED) is 0.113. The minimum Gasteiger partial charge on any atom is -0.390 e. The lowest BCUT2D eigenvalue weighted by atomic mass is 10.1. The number of aliphatic hydroxyl groups is 2. The third-order valence-corrected chi connectivity index (χ3v) is 8.56. The van der Waals surface area contributed by atoms with Gasteiger partial charge in [-0.15, -0.1) is 10.2 Å². The number of H-pyrrole nitrogens is 1. The van der Waals surface area contributed by atoms with E-state index in [0.717, 1.165) is 15.7 Å². The van der Waals surface area contributed by atoms with E-state index in [1.54, 1.807) is 0 Å². The molecule has 0 radical (unpaired) electrons. The van der Waals surface area contributed by atoms with Gasteiger partial charge in [-0.25, -0.2) is 14.4 Å². The predicted molar refractivity (Wildman–Crippen MR) is 133 cm³/mol. The van der Waals surface area contributed by atoms with Crippen LogP contribution in [0.15, 0.2) is 11.1 Å². The molecule has 41 heavy (non-hydrogen) atoms. The summed E-state index contributed by atoms with van der Waals surface area (Å²) >= 11 is 5.16. The number of fused-ring (bicyclic) bond motifs is 3. The molecule has 4 aromatic heterocycles. The molecule has 2 saturated heterocycles. The highest BCUT2D eigenvalue weighted by Crippen LogP contribution is 2.58. The Morgan fingerprint density at radius 3 is 2.61 bits per heavy atom. The Balaban J connectivity index is 1.07. The fourth-order valence-electron chi connectivity index (χ4n) is 4.96. The van der Waals surface area contributed by atoms with Crippen LogP contribution in [0.5, 0.6) is 0 Å². The maximum absolute atomic E-state index is 15.1. The summed E-state index contributed by atoms with van der Waals surface area (Å²) in [5.74, 6) is -0.799. The largest absolute Gasteiger partial charge is 0.390 e. The summed E-state index contributed by atoms with van der Waals surface area (Å²) in [5.41, 5.74) is 10.8. The number of nitrogens with two attached hydrogens (primary N) is 2. The molecule has 3 unspecified atom stereocenters. The number of nitrogens with one attached hydrogen (secondary N) is 1. The van der Waals surface area contributed by atoms with Crippen molar-refractivity contribution in [2.45, 2.75) is 49.1 Å². The first-order valence-electron chi connectivity index (χ1n) is 11.9. The van der Waals surface area contributed by atoms with E-state index in [4.69, 9.17) is 41.8 Å². The maximum atomic E-state index is 15.1. The number of nitrogen functional groups attached to an aromatic ring is 2. The topological polar surface area (TPSA) is 283 Å². The summed E-state index contributed by atoms with van der Waals surface area (Å²) in [7, 11) is 0. The van der Waals surface area contributed by atoms with Crippen molar-refractivity contribution in [2.24, 2.45) is 5.92 Å². The van der Waals surface area contributed by atoms with E-state index < -0.39 is 73.9 Å². The fourth-order valence-corrected chi connectivity index (χ4v) is 6.39. The van der Waals surface area contributed by atoms with Crippen LogP contribution in [0.25, 0.3) is 22.3 Å². The van der Waals surface area contributed by atoms with Gasteiger partial charge in [0.15, 0.2) is 46.8 Å². The van der Waals surface area contributed by atoms with Crippen LogP contribution in [0.3, 0.4) is 0 Å². The van der Waals surface area contributed by atoms with Crippen LogP contribution in [0.2, 0.25) is 0 Å². The summed E-state index contributed by atoms with van der Waals surface area (Å²) in [4.78, 5) is 37.1. The van der Waals surface area contributed by atoms with Crippen molar-refractivity contribution >= 4 is 52.6 Å². The molecule has 3 aliphatic rings. The molecule has 0 bridgehead atoms. The highest BCUT2D eigenvalue weighted by Gasteiger charge is 2.66. The van der Waals surface area contributed by atoms with Gasteiger partial charge in [-0.2, -0.15) is 14.3 Å². The molecule has 218 valence electrons. The molecule has 0 spiro atoms.